The third-order valence-electron chi connectivity index (χ3n) is 3.73. The van der Waals surface area contributed by atoms with E-state index in [-0.39, 0.29) is 5.41 Å². The lowest BCUT2D eigenvalue weighted by Gasteiger charge is -2.25. The van der Waals surface area contributed by atoms with Gasteiger partial charge in [0.25, 0.3) is 0 Å². The van der Waals surface area contributed by atoms with Crippen LogP contribution in [0.25, 0.3) is 0 Å². The van der Waals surface area contributed by atoms with E-state index >= 15 is 0 Å². The van der Waals surface area contributed by atoms with Crippen LogP contribution in [0.5, 0.6) is 0 Å². The lowest BCUT2D eigenvalue weighted by atomic mass is 9.80. The van der Waals surface area contributed by atoms with Gasteiger partial charge in [-0.2, -0.15) is 0 Å². The van der Waals surface area contributed by atoms with Crippen molar-refractivity contribution in [2.45, 2.75) is 54.4 Å². The Morgan fingerprint density at radius 2 is 1.61 bits per heavy atom. The van der Waals surface area contributed by atoms with Gasteiger partial charge in [-0.25, -0.2) is 0 Å². The van der Waals surface area contributed by atoms with Crippen molar-refractivity contribution < 1.29 is 0 Å². The van der Waals surface area contributed by atoms with Crippen LogP contribution in [-0.2, 0) is 0 Å². The Morgan fingerprint density at radius 1 is 1.04 bits per heavy atom. The molecule has 23 heavy (non-hydrogen) atoms. The molecule has 0 atom stereocenters. The highest BCUT2D eigenvalue weighted by Crippen LogP contribution is 2.35. The van der Waals surface area contributed by atoms with Crippen LogP contribution in [0.4, 0.5) is 0 Å². The standard InChI is InChI=1S/C23H34/c1-11-14-20(15-12-2)22(16-23(8,9)10)21(13-3)19(7)18(6)17(4)5/h11-13,15H,1,3-4,6,14,16H2,2,5,7-10H3. The maximum Gasteiger partial charge on any atom is -0.00973 e. The molecule has 0 amide bonds. The van der Waals surface area contributed by atoms with Crippen LogP contribution in [0.15, 0.2) is 84.1 Å². The van der Waals surface area contributed by atoms with Gasteiger partial charge in [0, 0.05) is 0 Å². The van der Waals surface area contributed by atoms with Gasteiger partial charge in [-0.1, -0.05) is 70.4 Å². The Balaban J connectivity index is 6.51. The lowest BCUT2D eigenvalue weighted by Crippen LogP contribution is -2.10. The molecule has 0 rings (SSSR count). The molecule has 126 valence electrons. The summed E-state index contributed by atoms with van der Waals surface area (Å²) in [6.45, 7) is 29.1. The fraction of sp³-hybridized carbons (Fsp3) is 0.391. The molecule has 0 radical (unpaired) electrons. The summed E-state index contributed by atoms with van der Waals surface area (Å²) in [5.74, 6) is 0. The first kappa shape index (κ1) is 21.2. The summed E-state index contributed by atoms with van der Waals surface area (Å²) in [5, 5.41) is 0. The average Bonchev–Trinajstić information content (AvgIpc) is 2.44. The van der Waals surface area contributed by atoms with Gasteiger partial charge in [0.15, 0.2) is 0 Å². The highest BCUT2D eigenvalue weighted by molar-refractivity contribution is 5.56. The molecule has 0 saturated carbocycles. The Kier molecular flexibility index (Phi) is 8.61. The largest absolute Gasteiger partial charge is 0.103 e. The Bertz CT molecular complexity index is 566. The maximum atomic E-state index is 4.19. The highest BCUT2D eigenvalue weighted by atomic mass is 14.2. The normalized spacial score (nSPS) is 14.2. The second-order valence-corrected chi connectivity index (χ2v) is 7.24. The van der Waals surface area contributed by atoms with Gasteiger partial charge in [0.05, 0.1) is 0 Å². The quantitative estimate of drug-likeness (QED) is 0.321. The van der Waals surface area contributed by atoms with E-state index in [2.05, 4.69) is 73.1 Å². The van der Waals surface area contributed by atoms with Crippen LogP contribution >= 0.6 is 0 Å². The van der Waals surface area contributed by atoms with Crippen molar-refractivity contribution >= 4 is 0 Å². The summed E-state index contributed by atoms with van der Waals surface area (Å²) in [5.41, 5.74) is 7.10. The molecule has 0 aromatic rings. The highest BCUT2D eigenvalue weighted by Gasteiger charge is 2.19. The van der Waals surface area contributed by atoms with Gasteiger partial charge in [-0.05, 0) is 66.9 Å². The van der Waals surface area contributed by atoms with Gasteiger partial charge >= 0.3 is 0 Å². The van der Waals surface area contributed by atoms with E-state index in [0.717, 1.165) is 29.6 Å². The molecule has 0 N–H and O–H groups in total. The Morgan fingerprint density at radius 3 is 1.96 bits per heavy atom. The van der Waals surface area contributed by atoms with Gasteiger partial charge in [-0.15, -0.1) is 6.58 Å². The lowest BCUT2D eigenvalue weighted by molar-refractivity contribution is 0.410. The maximum absolute atomic E-state index is 4.19. The van der Waals surface area contributed by atoms with E-state index in [9.17, 15) is 0 Å². The third-order valence-corrected chi connectivity index (χ3v) is 3.73. The van der Waals surface area contributed by atoms with Crippen molar-refractivity contribution in [2.75, 3.05) is 0 Å². The summed E-state index contributed by atoms with van der Waals surface area (Å²) >= 11 is 0. The van der Waals surface area contributed by atoms with Crippen LogP contribution in [-0.4, -0.2) is 0 Å². The first-order chi connectivity index (χ1) is 10.6. The van der Waals surface area contributed by atoms with Crippen LogP contribution in [0.3, 0.4) is 0 Å². The zero-order valence-electron chi connectivity index (χ0n) is 16.1. The van der Waals surface area contributed by atoms with Crippen molar-refractivity contribution in [3.8, 4) is 0 Å². The molecule has 0 saturated heterocycles. The van der Waals surface area contributed by atoms with E-state index in [1.54, 1.807) is 0 Å². The zero-order valence-corrected chi connectivity index (χ0v) is 16.1. The van der Waals surface area contributed by atoms with E-state index in [1.807, 2.05) is 19.1 Å². The smallest absolute Gasteiger partial charge is 0.00973 e. The topological polar surface area (TPSA) is 0 Å². The molecule has 0 aliphatic rings. The minimum atomic E-state index is 0.183. The first-order valence-electron chi connectivity index (χ1n) is 8.23. The Labute approximate surface area is 144 Å². The second-order valence-electron chi connectivity index (χ2n) is 7.24. The molecule has 0 fully saturated rings. The van der Waals surface area contributed by atoms with E-state index < -0.39 is 0 Å². The predicted octanol–water partition coefficient (Wildman–Crippen LogP) is 7.51. The molecule has 0 heteroatoms. The number of hydrogen-bond donors (Lipinski definition) is 0. The molecule has 0 spiro atoms. The molecule has 0 heterocycles. The molecule has 0 bridgehead atoms. The fourth-order valence-electron chi connectivity index (χ4n) is 2.55. The molecule has 0 nitrogen and oxygen atoms in total. The van der Waals surface area contributed by atoms with E-state index in [0.29, 0.717) is 0 Å². The average molecular weight is 311 g/mol. The summed E-state index contributed by atoms with van der Waals surface area (Å²) in [6, 6.07) is 0. The van der Waals surface area contributed by atoms with Gasteiger partial charge < -0.3 is 0 Å². The van der Waals surface area contributed by atoms with Crippen molar-refractivity contribution in [3.63, 3.8) is 0 Å². The van der Waals surface area contributed by atoms with Crippen molar-refractivity contribution in [2.24, 2.45) is 5.41 Å². The van der Waals surface area contributed by atoms with E-state index in [4.69, 9.17) is 0 Å². The summed E-state index contributed by atoms with van der Waals surface area (Å²) in [7, 11) is 0. The molecule has 0 aliphatic heterocycles. The molecule has 0 unspecified atom stereocenters. The molecular formula is C23H34. The van der Waals surface area contributed by atoms with E-state index in [1.165, 1.54) is 16.7 Å². The summed E-state index contributed by atoms with van der Waals surface area (Å²) < 4.78 is 0. The van der Waals surface area contributed by atoms with Gasteiger partial charge in [0.1, 0.15) is 0 Å². The number of hydrogen-bond acceptors (Lipinski definition) is 0. The van der Waals surface area contributed by atoms with Gasteiger partial charge in [0.2, 0.25) is 0 Å². The third kappa shape index (κ3) is 6.86. The van der Waals surface area contributed by atoms with Crippen LogP contribution in [0.1, 0.15) is 54.4 Å². The monoisotopic (exact) mass is 310 g/mol. The number of rotatable bonds is 8. The van der Waals surface area contributed by atoms with Crippen molar-refractivity contribution in [1.29, 1.82) is 0 Å². The zero-order chi connectivity index (χ0) is 18.2. The molecule has 0 aromatic heterocycles. The minimum Gasteiger partial charge on any atom is -0.103 e. The van der Waals surface area contributed by atoms with Crippen LogP contribution in [0.2, 0.25) is 0 Å². The van der Waals surface area contributed by atoms with Crippen LogP contribution in [0, 0.1) is 5.41 Å². The molecule has 0 aliphatic carbocycles. The molecular weight excluding hydrogens is 276 g/mol. The molecule has 0 aromatic carbocycles. The van der Waals surface area contributed by atoms with Crippen molar-refractivity contribution in [3.05, 3.63) is 84.1 Å². The van der Waals surface area contributed by atoms with Crippen LogP contribution < -0.4 is 0 Å². The minimum absolute atomic E-state index is 0.183. The number of allylic oxidation sites excluding steroid dienone is 10. The summed E-state index contributed by atoms with van der Waals surface area (Å²) in [6.07, 6.45) is 10.0. The summed E-state index contributed by atoms with van der Waals surface area (Å²) in [4.78, 5) is 0. The van der Waals surface area contributed by atoms with Crippen molar-refractivity contribution in [1.82, 2.24) is 0 Å². The predicted molar refractivity (Wildman–Crippen MR) is 108 cm³/mol. The van der Waals surface area contributed by atoms with Gasteiger partial charge in [-0.3, -0.25) is 0 Å². The fourth-order valence-corrected chi connectivity index (χ4v) is 2.55. The second kappa shape index (κ2) is 9.35. The Hall–Kier alpha value is -1.82. The SMILES string of the molecule is C=CCC(C=CC)=C(CC(C)(C)C)C(C=C)=C(C)C(=C)C(=C)C. The first-order valence-corrected chi connectivity index (χ1v) is 8.23.